The highest BCUT2D eigenvalue weighted by atomic mass is 16.2. The van der Waals surface area contributed by atoms with Crippen molar-refractivity contribution in [3.8, 4) is 0 Å². The summed E-state index contributed by atoms with van der Waals surface area (Å²) in [6.45, 7) is 7.40. The van der Waals surface area contributed by atoms with E-state index in [0.717, 1.165) is 51.6 Å². The van der Waals surface area contributed by atoms with E-state index in [1.165, 1.54) is 64.2 Å². The summed E-state index contributed by atoms with van der Waals surface area (Å²) in [5, 5.41) is 0. The first kappa shape index (κ1) is 28.1. The number of amides is 3. The van der Waals surface area contributed by atoms with Gasteiger partial charge < -0.3 is 0 Å². The van der Waals surface area contributed by atoms with Crippen LogP contribution < -0.4 is 0 Å². The Labute approximate surface area is 204 Å². The molecule has 6 nitrogen and oxygen atoms in total. The highest BCUT2D eigenvalue weighted by Gasteiger charge is 2.58. The second-order valence-electron chi connectivity index (χ2n) is 10.7. The zero-order chi connectivity index (χ0) is 24.1. The number of carbonyl (C=O) groups is 2. The molecule has 2 rings (SSSR count). The molecule has 1 saturated heterocycles. The number of carbonyl (C=O) groups excluding carboxylic acids is 2. The van der Waals surface area contributed by atoms with Crippen LogP contribution in [0.25, 0.3) is 0 Å². The van der Waals surface area contributed by atoms with Crippen LogP contribution in [0.15, 0.2) is 0 Å². The molecule has 0 aromatic rings. The predicted octanol–water partition coefficient (Wildman–Crippen LogP) is 6.06. The van der Waals surface area contributed by atoms with Crippen molar-refractivity contribution in [1.29, 1.82) is 0 Å². The van der Waals surface area contributed by atoms with Crippen molar-refractivity contribution >= 4 is 11.9 Å². The van der Waals surface area contributed by atoms with E-state index in [0.29, 0.717) is 13.3 Å². The summed E-state index contributed by atoms with van der Waals surface area (Å²) in [5.41, 5.74) is -0.590. The fourth-order valence-corrected chi connectivity index (χ4v) is 5.49. The van der Waals surface area contributed by atoms with Crippen molar-refractivity contribution in [3.63, 3.8) is 0 Å². The third kappa shape index (κ3) is 8.24. The summed E-state index contributed by atoms with van der Waals surface area (Å²) < 4.78 is 0. The van der Waals surface area contributed by atoms with Crippen LogP contribution in [-0.4, -0.2) is 77.6 Å². The van der Waals surface area contributed by atoms with Crippen molar-refractivity contribution in [1.82, 2.24) is 19.6 Å². The molecule has 6 heteroatoms. The average molecular weight is 465 g/mol. The normalized spacial score (nSPS) is 18.1. The minimum absolute atomic E-state index is 0.0489. The molecule has 0 atom stereocenters. The Morgan fingerprint density at radius 1 is 0.697 bits per heavy atom. The Morgan fingerprint density at radius 3 is 1.67 bits per heavy atom. The van der Waals surface area contributed by atoms with Gasteiger partial charge in [0.1, 0.15) is 5.54 Å². The van der Waals surface area contributed by atoms with E-state index >= 15 is 0 Å². The van der Waals surface area contributed by atoms with Gasteiger partial charge in [0.25, 0.3) is 5.91 Å². The van der Waals surface area contributed by atoms with E-state index in [2.05, 4.69) is 30.7 Å². The van der Waals surface area contributed by atoms with E-state index in [1.807, 2.05) is 11.9 Å². The number of imide groups is 1. The maximum absolute atomic E-state index is 13.5. The van der Waals surface area contributed by atoms with E-state index in [4.69, 9.17) is 0 Å². The molecule has 0 radical (unpaired) electrons. The number of unbranched alkanes of at least 4 members (excludes halogenated alkanes) is 10. The van der Waals surface area contributed by atoms with Gasteiger partial charge in [-0.1, -0.05) is 90.9 Å². The number of urea groups is 1. The minimum Gasteiger partial charge on any atom is -0.297 e. The van der Waals surface area contributed by atoms with Gasteiger partial charge in [0.15, 0.2) is 0 Å². The van der Waals surface area contributed by atoms with E-state index in [9.17, 15) is 9.59 Å². The maximum Gasteiger partial charge on any atom is 0.329 e. The van der Waals surface area contributed by atoms with E-state index in [1.54, 1.807) is 4.90 Å². The summed E-state index contributed by atoms with van der Waals surface area (Å²) in [6, 6.07) is -0.0773. The van der Waals surface area contributed by atoms with E-state index in [-0.39, 0.29) is 11.9 Å². The van der Waals surface area contributed by atoms with Crippen molar-refractivity contribution in [2.75, 3.05) is 40.5 Å². The lowest BCUT2D eigenvalue weighted by Crippen LogP contribution is -2.51. The summed E-state index contributed by atoms with van der Waals surface area (Å²) in [6.07, 6.45) is 18.9. The summed E-state index contributed by atoms with van der Waals surface area (Å²) in [4.78, 5) is 34.8. The largest absolute Gasteiger partial charge is 0.329 e. The molecule has 192 valence electrons. The zero-order valence-electron chi connectivity index (χ0n) is 22.2. The molecule has 1 aliphatic carbocycles. The van der Waals surface area contributed by atoms with Gasteiger partial charge in [0, 0.05) is 0 Å². The van der Waals surface area contributed by atoms with Crippen molar-refractivity contribution < 1.29 is 9.59 Å². The third-order valence-electron chi connectivity index (χ3n) is 7.60. The van der Waals surface area contributed by atoms with Gasteiger partial charge in [-0.3, -0.25) is 19.5 Å². The smallest absolute Gasteiger partial charge is 0.297 e. The second kappa shape index (κ2) is 15.0. The van der Waals surface area contributed by atoms with Crippen LogP contribution in [0.1, 0.15) is 117 Å². The van der Waals surface area contributed by atoms with Crippen LogP contribution in [0.4, 0.5) is 4.79 Å². The number of hydrogen-bond acceptors (Lipinski definition) is 4. The first-order chi connectivity index (χ1) is 16.0. The molecule has 1 spiro atoms. The lowest BCUT2D eigenvalue weighted by Gasteiger charge is -2.34. The number of hydrogen-bond donors (Lipinski definition) is 0. The van der Waals surface area contributed by atoms with Gasteiger partial charge in [-0.05, 0) is 52.9 Å². The van der Waals surface area contributed by atoms with Crippen LogP contribution >= 0.6 is 0 Å². The second-order valence-corrected chi connectivity index (χ2v) is 10.7. The molecule has 1 aliphatic heterocycles. The lowest BCUT2D eigenvalue weighted by atomic mass is 9.96. The van der Waals surface area contributed by atoms with Crippen LogP contribution in [0.3, 0.4) is 0 Å². The molecule has 1 saturated carbocycles. The topological polar surface area (TPSA) is 47.1 Å². The monoisotopic (exact) mass is 464 g/mol. The van der Waals surface area contributed by atoms with Crippen molar-refractivity contribution in [2.24, 2.45) is 0 Å². The number of nitrogens with zero attached hydrogens (tertiary/aromatic N) is 4. The van der Waals surface area contributed by atoms with Gasteiger partial charge in [-0.25, -0.2) is 9.69 Å². The minimum atomic E-state index is -0.590. The Hall–Kier alpha value is -1.14. The van der Waals surface area contributed by atoms with E-state index < -0.39 is 5.54 Å². The van der Waals surface area contributed by atoms with Gasteiger partial charge in [0.2, 0.25) is 0 Å². The number of rotatable bonds is 18. The summed E-state index contributed by atoms with van der Waals surface area (Å²) in [5.74, 6) is 0.0489. The van der Waals surface area contributed by atoms with Crippen molar-refractivity contribution in [3.05, 3.63) is 0 Å². The molecule has 0 bridgehead atoms. The fraction of sp³-hybridized carbons (Fsp3) is 0.926. The van der Waals surface area contributed by atoms with Crippen LogP contribution in [-0.2, 0) is 4.79 Å². The molecular weight excluding hydrogens is 412 g/mol. The average Bonchev–Trinajstić information content (AvgIpc) is 3.36. The lowest BCUT2D eigenvalue weighted by molar-refractivity contribution is -0.134. The Bertz CT molecular complexity index is 576. The molecule has 0 aromatic heterocycles. The first-order valence-corrected chi connectivity index (χ1v) is 14.0. The van der Waals surface area contributed by atoms with Gasteiger partial charge in [-0.2, -0.15) is 0 Å². The zero-order valence-corrected chi connectivity index (χ0v) is 22.2. The SMILES string of the molecule is CCCCCCCCN(C)CN1C(=O)N(CN(C)CCCCCCCC)C2(CCCC2)C1=O. The quantitative estimate of drug-likeness (QED) is 0.183. The fourth-order valence-electron chi connectivity index (χ4n) is 5.49. The first-order valence-electron chi connectivity index (χ1n) is 14.0. The summed E-state index contributed by atoms with van der Waals surface area (Å²) >= 11 is 0. The Morgan fingerprint density at radius 2 is 1.15 bits per heavy atom. The molecule has 2 aliphatic rings. The molecule has 33 heavy (non-hydrogen) atoms. The third-order valence-corrected chi connectivity index (χ3v) is 7.60. The van der Waals surface area contributed by atoms with Crippen LogP contribution in [0, 0.1) is 0 Å². The molecule has 0 N–H and O–H groups in total. The molecule has 3 amide bonds. The Balaban J connectivity index is 1.85. The maximum atomic E-state index is 13.5. The van der Waals surface area contributed by atoms with Gasteiger partial charge >= 0.3 is 6.03 Å². The van der Waals surface area contributed by atoms with Crippen LogP contribution in [0.5, 0.6) is 0 Å². The van der Waals surface area contributed by atoms with Gasteiger partial charge in [-0.15, -0.1) is 0 Å². The standard InChI is InChI=1S/C27H52N4O2/c1-5-7-9-11-13-17-21-28(3)23-30-25(32)27(19-15-16-20-27)31(26(30)33)24-29(4)22-18-14-12-10-8-6-2/h5-24H2,1-4H3. The molecule has 2 fully saturated rings. The highest BCUT2D eigenvalue weighted by Crippen LogP contribution is 2.41. The molecule has 1 heterocycles. The molecule has 0 aromatic carbocycles. The molecule has 0 unspecified atom stereocenters. The molecular formula is C27H52N4O2. The van der Waals surface area contributed by atoms with Crippen LogP contribution in [0.2, 0.25) is 0 Å². The predicted molar refractivity (Wildman–Crippen MR) is 137 cm³/mol. The highest BCUT2D eigenvalue weighted by molar-refractivity contribution is 6.07. The van der Waals surface area contributed by atoms with Gasteiger partial charge in [0.05, 0.1) is 13.3 Å². The Kier molecular flexibility index (Phi) is 12.8. The summed E-state index contributed by atoms with van der Waals surface area (Å²) in [7, 11) is 4.14. The van der Waals surface area contributed by atoms with Crippen molar-refractivity contribution in [2.45, 2.75) is 122 Å².